The Morgan fingerprint density at radius 3 is 2.61 bits per heavy atom. The van der Waals surface area contributed by atoms with E-state index >= 15 is 0 Å². The van der Waals surface area contributed by atoms with Gasteiger partial charge in [-0.15, -0.1) is 0 Å². The summed E-state index contributed by atoms with van der Waals surface area (Å²) in [6.45, 7) is 0. The van der Waals surface area contributed by atoms with Gasteiger partial charge < -0.3 is 10.1 Å². The molecule has 5 rings (SSSR count). The molecule has 0 spiro atoms. The summed E-state index contributed by atoms with van der Waals surface area (Å²) in [4.78, 5) is 13.2. The number of halogens is 2. The van der Waals surface area contributed by atoms with E-state index in [1.165, 1.54) is 19.3 Å². The molecule has 0 radical (unpaired) electrons. The van der Waals surface area contributed by atoms with Crippen LogP contribution in [0.3, 0.4) is 0 Å². The predicted octanol–water partition coefficient (Wildman–Crippen LogP) is 5.02. The minimum absolute atomic E-state index is 0.135. The van der Waals surface area contributed by atoms with Gasteiger partial charge in [0.2, 0.25) is 5.91 Å². The van der Waals surface area contributed by atoms with Crippen molar-refractivity contribution in [2.45, 2.75) is 42.8 Å². The lowest BCUT2D eigenvalue weighted by atomic mass is 9.49. The third kappa shape index (κ3) is 2.68. The van der Waals surface area contributed by atoms with Gasteiger partial charge in [0.15, 0.2) is 0 Å². The molecule has 1 amide bonds. The first-order valence-electron chi connectivity index (χ1n) is 8.25. The Kier molecular flexibility index (Phi) is 3.69. The van der Waals surface area contributed by atoms with Crippen LogP contribution < -0.4 is 10.1 Å². The first-order chi connectivity index (χ1) is 10.9. The zero-order chi connectivity index (χ0) is 16.2. The monoisotopic (exact) mass is 397 g/mol. The minimum Gasteiger partial charge on any atom is -0.495 e. The van der Waals surface area contributed by atoms with E-state index in [-0.39, 0.29) is 15.6 Å². The van der Waals surface area contributed by atoms with Gasteiger partial charge in [-0.05, 0) is 68.6 Å². The molecule has 23 heavy (non-hydrogen) atoms. The molecule has 4 atom stereocenters. The van der Waals surface area contributed by atoms with E-state index in [0.29, 0.717) is 28.3 Å². The van der Waals surface area contributed by atoms with Gasteiger partial charge in [0, 0.05) is 9.35 Å². The fourth-order valence-electron chi connectivity index (χ4n) is 5.45. The normalized spacial score (nSPS) is 37.7. The smallest absolute Gasteiger partial charge is 0.230 e. The maximum absolute atomic E-state index is 13.2. The van der Waals surface area contributed by atoms with Crippen LogP contribution in [0, 0.1) is 17.3 Å². The summed E-state index contributed by atoms with van der Waals surface area (Å²) in [7, 11) is 1.61. The van der Waals surface area contributed by atoms with Gasteiger partial charge in [-0.3, -0.25) is 4.79 Å². The second-order valence-electron chi connectivity index (χ2n) is 7.69. The van der Waals surface area contributed by atoms with Crippen molar-refractivity contribution in [1.29, 1.82) is 0 Å². The van der Waals surface area contributed by atoms with Crippen LogP contribution in [0.1, 0.15) is 38.5 Å². The summed E-state index contributed by atoms with van der Waals surface area (Å²) in [5.74, 6) is 2.15. The second-order valence-corrected chi connectivity index (χ2v) is 9.81. The molecule has 4 aliphatic rings. The van der Waals surface area contributed by atoms with E-state index in [9.17, 15) is 4.79 Å². The molecule has 1 aromatic rings. The molecule has 124 valence electrons. The average molecular weight is 399 g/mol. The fraction of sp³-hybridized carbons (Fsp3) is 0.611. The molecule has 0 aliphatic heterocycles. The Labute approximate surface area is 150 Å². The summed E-state index contributed by atoms with van der Waals surface area (Å²) in [6.07, 6.45) is 6.72. The number of carbonyl (C=O) groups excluding carboxylic acids is 1. The van der Waals surface area contributed by atoms with Crippen LogP contribution in [-0.2, 0) is 4.79 Å². The van der Waals surface area contributed by atoms with Crippen molar-refractivity contribution >= 4 is 39.1 Å². The molecule has 4 bridgehead atoms. The molecule has 1 N–H and O–H groups in total. The maximum Gasteiger partial charge on any atom is 0.230 e. The summed E-state index contributed by atoms with van der Waals surface area (Å²) < 4.78 is 5.53. The Morgan fingerprint density at radius 2 is 2.00 bits per heavy atom. The standard InChI is InChI=1S/C18H21BrClNO2/c1-23-15-3-2-13(20)5-14(15)21-16(22)17-6-11-4-12(7-17)9-18(19,8-11)10-17/h2-3,5,11-12H,4,6-10H2,1H3,(H,21,22)/t11-,12+,17?,18?. The third-order valence-electron chi connectivity index (χ3n) is 5.88. The molecular weight excluding hydrogens is 378 g/mol. The molecule has 1 aromatic carbocycles. The van der Waals surface area contributed by atoms with Gasteiger partial charge in [0.05, 0.1) is 18.2 Å². The molecule has 0 heterocycles. The number of alkyl halides is 1. The quantitative estimate of drug-likeness (QED) is 0.726. The highest BCUT2D eigenvalue weighted by molar-refractivity contribution is 9.10. The molecule has 4 saturated carbocycles. The van der Waals surface area contributed by atoms with Crippen LogP contribution in [-0.4, -0.2) is 17.3 Å². The van der Waals surface area contributed by atoms with Crippen LogP contribution >= 0.6 is 27.5 Å². The number of carbonyl (C=O) groups is 1. The van der Waals surface area contributed by atoms with Crippen LogP contribution in [0.25, 0.3) is 0 Å². The van der Waals surface area contributed by atoms with E-state index in [1.54, 1.807) is 25.3 Å². The van der Waals surface area contributed by atoms with Crippen molar-refractivity contribution in [2.24, 2.45) is 17.3 Å². The first kappa shape index (κ1) is 15.8. The highest BCUT2D eigenvalue weighted by Crippen LogP contribution is 2.64. The largest absolute Gasteiger partial charge is 0.495 e. The van der Waals surface area contributed by atoms with E-state index in [0.717, 1.165) is 19.3 Å². The average Bonchev–Trinajstić information content (AvgIpc) is 2.45. The molecule has 0 saturated heterocycles. The number of nitrogens with one attached hydrogen (secondary N) is 1. The van der Waals surface area contributed by atoms with Crippen LogP contribution in [0.4, 0.5) is 5.69 Å². The molecular formula is C18H21BrClNO2. The molecule has 5 heteroatoms. The molecule has 0 aromatic heterocycles. The zero-order valence-corrected chi connectivity index (χ0v) is 15.5. The Morgan fingerprint density at radius 1 is 1.30 bits per heavy atom. The van der Waals surface area contributed by atoms with Gasteiger partial charge in [-0.2, -0.15) is 0 Å². The maximum atomic E-state index is 13.2. The molecule has 4 aliphatic carbocycles. The van der Waals surface area contributed by atoms with E-state index in [1.807, 2.05) is 0 Å². The Bertz CT molecular complexity index is 648. The fourth-order valence-corrected chi connectivity index (χ4v) is 7.07. The number of amides is 1. The van der Waals surface area contributed by atoms with Crippen molar-refractivity contribution in [3.8, 4) is 5.75 Å². The number of methoxy groups -OCH3 is 1. The van der Waals surface area contributed by atoms with Gasteiger partial charge in [0.25, 0.3) is 0 Å². The topological polar surface area (TPSA) is 38.3 Å². The Hall–Kier alpha value is -0.740. The number of benzene rings is 1. The van der Waals surface area contributed by atoms with Crippen molar-refractivity contribution in [3.05, 3.63) is 23.2 Å². The highest BCUT2D eigenvalue weighted by Gasteiger charge is 2.59. The summed E-state index contributed by atoms with van der Waals surface area (Å²) >= 11 is 10.0. The molecule has 3 nitrogen and oxygen atoms in total. The predicted molar refractivity (Wildman–Crippen MR) is 95.4 cm³/mol. The number of hydrogen-bond donors (Lipinski definition) is 1. The van der Waals surface area contributed by atoms with E-state index < -0.39 is 0 Å². The van der Waals surface area contributed by atoms with Crippen molar-refractivity contribution in [1.82, 2.24) is 0 Å². The zero-order valence-electron chi connectivity index (χ0n) is 13.2. The van der Waals surface area contributed by atoms with Gasteiger partial charge in [-0.1, -0.05) is 27.5 Å². The third-order valence-corrected chi connectivity index (χ3v) is 7.04. The lowest BCUT2D eigenvalue weighted by Crippen LogP contribution is -2.57. The summed E-state index contributed by atoms with van der Waals surface area (Å²) in [5.41, 5.74) is 0.436. The van der Waals surface area contributed by atoms with Crippen LogP contribution in [0.15, 0.2) is 18.2 Å². The van der Waals surface area contributed by atoms with Gasteiger partial charge >= 0.3 is 0 Å². The first-order valence-corrected chi connectivity index (χ1v) is 9.42. The number of rotatable bonds is 3. The van der Waals surface area contributed by atoms with Crippen molar-refractivity contribution in [2.75, 3.05) is 12.4 Å². The highest BCUT2D eigenvalue weighted by atomic mass is 79.9. The van der Waals surface area contributed by atoms with Gasteiger partial charge in [-0.25, -0.2) is 0 Å². The summed E-state index contributed by atoms with van der Waals surface area (Å²) in [5, 5.41) is 3.71. The number of anilines is 1. The van der Waals surface area contributed by atoms with Crippen LogP contribution in [0.2, 0.25) is 5.02 Å². The van der Waals surface area contributed by atoms with E-state index in [4.69, 9.17) is 16.3 Å². The second kappa shape index (κ2) is 5.38. The molecule has 4 fully saturated rings. The molecule has 2 unspecified atom stereocenters. The summed E-state index contributed by atoms with van der Waals surface area (Å²) in [6, 6.07) is 5.33. The van der Waals surface area contributed by atoms with Crippen molar-refractivity contribution in [3.63, 3.8) is 0 Å². The van der Waals surface area contributed by atoms with Gasteiger partial charge in [0.1, 0.15) is 5.75 Å². The van der Waals surface area contributed by atoms with Crippen LogP contribution in [0.5, 0.6) is 5.75 Å². The lowest BCUT2D eigenvalue weighted by molar-refractivity contribution is -0.138. The minimum atomic E-state index is -0.235. The number of ether oxygens (including phenoxy) is 1. The SMILES string of the molecule is COc1ccc(Cl)cc1NC(=O)C12C[C@@H]3C[C@@H](CC(Br)(C3)C1)C2. The number of hydrogen-bond acceptors (Lipinski definition) is 2. The Balaban J connectivity index is 1.61. The lowest BCUT2D eigenvalue weighted by Gasteiger charge is -2.59. The van der Waals surface area contributed by atoms with Crippen molar-refractivity contribution < 1.29 is 9.53 Å². The van der Waals surface area contributed by atoms with E-state index in [2.05, 4.69) is 21.2 Å².